The van der Waals surface area contributed by atoms with Crippen LogP contribution in [0, 0.1) is 0 Å². The Kier molecular flexibility index (Phi) is 2.85. The van der Waals surface area contributed by atoms with E-state index in [2.05, 4.69) is 9.97 Å². The van der Waals surface area contributed by atoms with Gasteiger partial charge in [-0.2, -0.15) is 4.98 Å². The molecule has 0 unspecified atom stereocenters. The van der Waals surface area contributed by atoms with Crippen LogP contribution >= 0.6 is 23.2 Å². The molecule has 0 aliphatic heterocycles. The molecule has 0 saturated heterocycles. The van der Waals surface area contributed by atoms with Gasteiger partial charge in [0.25, 0.3) is 0 Å². The molecular formula is C10H8Cl2N4. The van der Waals surface area contributed by atoms with Crippen molar-refractivity contribution in [3.05, 3.63) is 34.3 Å². The number of rotatable bonds is 1. The lowest BCUT2D eigenvalue weighted by atomic mass is 10.1. The Morgan fingerprint density at radius 2 is 1.75 bits per heavy atom. The van der Waals surface area contributed by atoms with E-state index in [0.29, 0.717) is 27.1 Å². The Labute approximate surface area is 102 Å². The Balaban J connectivity index is 2.62. The van der Waals surface area contributed by atoms with E-state index in [-0.39, 0.29) is 5.95 Å². The zero-order valence-electron chi connectivity index (χ0n) is 8.11. The van der Waals surface area contributed by atoms with Gasteiger partial charge in [0.05, 0.1) is 10.7 Å². The number of nitrogens with two attached hydrogens (primary N) is 2. The Morgan fingerprint density at radius 3 is 2.44 bits per heavy atom. The van der Waals surface area contributed by atoms with Crippen molar-refractivity contribution in [2.45, 2.75) is 0 Å². The number of aromatic nitrogens is 2. The molecule has 1 aromatic heterocycles. The third-order valence-corrected chi connectivity index (χ3v) is 2.53. The van der Waals surface area contributed by atoms with Gasteiger partial charge in [0, 0.05) is 16.7 Å². The van der Waals surface area contributed by atoms with E-state index in [0.717, 1.165) is 0 Å². The van der Waals surface area contributed by atoms with E-state index >= 15 is 0 Å². The summed E-state index contributed by atoms with van der Waals surface area (Å²) in [5.41, 5.74) is 12.3. The van der Waals surface area contributed by atoms with Crippen molar-refractivity contribution in [2.24, 2.45) is 0 Å². The van der Waals surface area contributed by atoms with Crippen LogP contribution in [0.25, 0.3) is 11.3 Å². The molecule has 0 fully saturated rings. The predicted molar refractivity (Wildman–Crippen MR) is 66.3 cm³/mol. The molecule has 0 aliphatic carbocycles. The second kappa shape index (κ2) is 4.15. The highest BCUT2D eigenvalue weighted by Crippen LogP contribution is 2.30. The van der Waals surface area contributed by atoms with E-state index in [9.17, 15) is 0 Å². The molecule has 2 rings (SSSR count). The van der Waals surface area contributed by atoms with Gasteiger partial charge in [0.2, 0.25) is 5.95 Å². The zero-order chi connectivity index (χ0) is 11.7. The van der Waals surface area contributed by atoms with Gasteiger partial charge in [-0.05, 0) is 18.2 Å². The van der Waals surface area contributed by atoms with Crippen molar-refractivity contribution >= 4 is 35.0 Å². The van der Waals surface area contributed by atoms with Crippen molar-refractivity contribution in [1.29, 1.82) is 0 Å². The molecule has 16 heavy (non-hydrogen) atoms. The fourth-order valence-electron chi connectivity index (χ4n) is 1.32. The topological polar surface area (TPSA) is 77.8 Å². The summed E-state index contributed by atoms with van der Waals surface area (Å²) in [7, 11) is 0. The van der Waals surface area contributed by atoms with E-state index in [1.807, 2.05) is 0 Å². The molecule has 2 aromatic rings. The van der Waals surface area contributed by atoms with Crippen LogP contribution in [-0.4, -0.2) is 9.97 Å². The number of hydrogen-bond donors (Lipinski definition) is 2. The Hall–Kier alpha value is -1.52. The summed E-state index contributed by atoms with van der Waals surface area (Å²) in [5.74, 6) is 0.393. The maximum atomic E-state index is 6.03. The van der Waals surface area contributed by atoms with Gasteiger partial charge in [0.15, 0.2) is 0 Å². The van der Waals surface area contributed by atoms with Gasteiger partial charge in [0.1, 0.15) is 5.82 Å². The fraction of sp³-hybridized carbons (Fsp3) is 0. The van der Waals surface area contributed by atoms with Crippen molar-refractivity contribution < 1.29 is 0 Å². The molecule has 0 spiro atoms. The van der Waals surface area contributed by atoms with E-state index < -0.39 is 0 Å². The summed E-state index contributed by atoms with van der Waals surface area (Å²) < 4.78 is 0. The molecule has 4 nitrogen and oxygen atoms in total. The number of anilines is 2. The van der Waals surface area contributed by atoms with Gasteiger partial charge in [-0.25, -0.2) is 4.98 Å². The molecule has 0 bridgehead atoms. The maximum Gasteiger partial charge on any atom is 0.222 e. The largest absolute Gasteiger partial charge is 0.384 e. The van der Waals surface area contributed by atoms with Crippen LogP contribution in [0.4, 0.5) is 11.8 Å². The monoisotopic (exact) mass is 254 g/mol. The van der Waals surface area contributed by atoms with Gasteiger partial charge >= 0.3 is 0 Å². The highest BCUT2D eigenvalue weighted by atomic mass is 35.5. The van der Waals surface area contributed by atoms with E-state index in [4.69, 9.17) is 34.7 Å². The molecule has 6 heteroatoms. The van der Waals surface area contributed by atoms with Crippen molar-refractivity contribution in [3.8, 4) is 11.3 Å². The lowest BCUT2D eigenvalue weighted by Crippen LogP contribution is -2.00. The third-order valence-electron chi connectivity index (χ3n) is 1.97. The quantitative estimate of drug-likeness (QED) is 0.820. The minimum Gasteiger partial charge on any atom is -0.384 e. The standard InChI is InChI=1S/C10H8Cl2N4/c11-5-1-2-7(12)6(3-5)8-4-9(13)16-10(14)15-8/h1-4H,(H4,13,14,15,16). The Morgan fingerprint density at radius 1 is 1.00 bits per heavy atom. The van der Waals surface area contributed by atoms with Crippen LogP contribution in [-0.2, 0) is 0 Å². The molecule has 0 aliphatic rings. The lowest BCUT2D eigenvalue weighted by molar-refractivity contribution is 1.20. The highest BCUT2D eigenvalue weighted by Gasteiger charge is 2.08. The molecule has 1 heterocycles. The molecule has 0 saturated carbocycles. The van der Waals surface area contributed by atoms with Gasteiger partial charge < -0.3 is 11.5 Å². The lowest BCUT2D eigenvalue weighted by Gasteiger charge is -2.05. The van der Waals surface area contributed by atoms with Crippen molar-refractivity contribution in [2.75, 3.05) is 11.5 Å². The summed E-state index contributed by atoms with van der Waals surface area (Å²) in [6, 6.07) is 6.67. The number of nitrogens with zero attached hydrogens (tertiary/aromatic N) is 2. The summed E-state index contributed by atoms with van der Waals surface area (Å²) >= 11 is 11.9. The second-order valence-electron chi connectivity index (χ2n) is 3.16. The smallest absolute Gasteiger partial charge is 0.222 e. The van der Waals surface area contributed by atoms with Crippen LogP contribution in [0.1, 0.15) is 0 Å². The van der Waals surface area contributed by atoms with Crippen LogP contribution in [0.2, 0.25) is 10.0 Å². The number of nitrogen functional groups attached to an aromatic ring is 2. The first-order valence-corrected chi connectivity index (χ1v) is 5.17. The molecule has 4 N–H and O–H groups in total. The zero-order valence-corrected chi connectivity index (χ0v) is 9.63. The first-order chi connectivity index (χ1) is 7.56. The van der Waals surface area contributed by atoms with Gasteiger partial charge in [-0.3, -0.25) is 0 Å². The summed E-state index contributed by atoms with van der Waals surface area (Å²) in [6.45, 7) is 0. The Bertz CT molecular complexity index is 522. The van der Waals surface area contributed by atoms with Gasteiger partial charge in [-0.15, -0.1) is 0 Å². The second-order valence-corrected chi connectivity index (χ2v) is 4.00. The normalized spacial score (nSPS) is 10.4. The van der Waals surface area contributed by atoms with Crippen LogP contribution < -0.4 is 11.5 Å². The van der Waals surface area contributed by atoms with E-state index in [1.165, 1.54) is 0 Å². The van der Waals surface area contributed by atoms with Crippen molar-refractivity contribution in [3.63, 3.8) is 0 Å². The molecule has 0 atom stereocenters. The first kappa shape index (κ1) is 11.0. The van der Waals surface area contributed by atoms with Crippen LogP contribution in [0.5, 0.6) is 0 Å². The van der Waals surface area contributed by atoms with E-state index in [1.54, 1.807) is 24.3 Å². The molecular weight excluding hydrogens is 247 g/mol. The summed E-state index contributed by atoms with van der Waals surface area (Å²) in [4.78, 5) is 7.83. The molecule has 1 aromatic carbocycles. The summed E-state index contributed by atoms with van der Waals surface area (Å²) in [5, 5.41) is 1.09. The molecule has 0 radical (unpaired) electrons. The third kappa shape index (κ3) is 2.18. The first-order valence-electron chi connectivity index (χ1n) is 4.42. The maximum absolute atomic E-state index is 6.03. The number of halogens is 2. The molecule has 82 valence electrons. The fourth-order valence-corrected chi connectivity index (χ4v) is 1.70. The number of benzene rings is 1. The van der Waals surface area contributed by atoms with Crippen LogP contribution in [0.3, 0.4) is 0 Å². The number of hydrogen-bond acceptors (Lipinski definition) is 4. The average molecular weight is 255 g/mol. The van der Waals surface area contributed by atoms with Crippen LogP contribution in [0.15, 0.2) is 24.3 Å². The van der Waals surface area contributed by atoms with Crippen molar-refractivity contribution in [1.82, 2.24) is 9.97 Å². The SMILES string of the molecule is Nc1cc(-c2cc(Cl)ccc2Cl)nc(N)n1. The molecule has 0 amide bonds. The minimum atomic E-state index is 0.103. The average Bonchev–Trinajstić information content (AvgIpc) is 2.20. The minimum absolute atomic E-state index is 0.103. The highest BCUT2D eigenvalue weighted by molar-refractivity contribution is 6.35. The summed E-state index contributed by atoms with van der Waals surface area (Å²) in [6.07, 6.45) is 0. The predicted octanol–water partition coefficient (Wildman–Crippen LogP) is 2.61. The van der Waals surface area contributed by atoms with Gasteiger partial charge in [-0.1, -0.05) is 23.2 Å².